The minimum atomic E-state index is -1.19. The molecule has 1 heterocycles. The zero-order valence-electron chi connectivity index (χ0n) is 14.2. The monoisotopic (exact) mass is 417 g/mol. The number of carbonyl (C=O) groups excluding carboxylic acids is 2. The van der Waals surface area contributed by atoms with Gasteiger partial charge in [0.2, 0.25) is 0 Å². The fraction of sp³-hybridized carbons (Fsp3) is 0.222. The molecule has 2 aromatic carbocycles. The van der Waals surface area contributed by atoms with Crippen LogP contribution in [-0.4, -0.2) is 21.8 Å². The van der Waals surface area contributed by atoms with Crippen LogP contribution in [0.3, 0.4) is 0 Å². The zero-order valence-corrected chi connectivity index (χ0v) is 15.7. The molecule has 0 aromatic heterocycles. The molecule has 1 fully saturated rings. The van der Waals surface area contributed by atoms with Crippen LogP contribution in [0, 0.1) is 17.0 Å². The van der Waals surface area contributed by atoms with E-state index in [2.05, 4.69) is 21.2 Å². The van der Waals surface area contributed by atoms with Gasteiger partial charge in [-0.15, -0.1) is 0 Å². The van der Waals surface area contributed by atoms with Crippen LogP contribution < -0.4 is 5.32 Å². The highest BCUT2D eigenvalue weighted by Crippen LogP contribution is 2.32. The van der Waals surface area contributed by atoms with Gasteiger partial charge in [-0.3, -0.25) is 19.8 Å². The van der Waals surface area contributed by atoms with Crippen molar-refractivity contribution in [3.05, 3.63) is 73.7 Å². The Morgan fingerprint density at radius 1 is 1.23 bits per heavy atom. The van der Waals surface area contributed by atoms with Crippen LogP contribution in [0.15, 0.2) is 46.9 Å². The SMILES string of the molecule is Cc1c(CN2C(=O)N[C@@](C)(c3cccc(Br)c3)C2=O)cccc1[N+](=O)[O-]. The third kappa shape index (κ3) is 2.96. The van der Waals surface area contributed by atoms with E-state index < -0.39 is 22.4 Å². The first-order valence-corrected chi connectivity index (χ1v) is 8.66. The second kappa shape index (κ2) is 6.53. The third-order valence-electron chi connectivity index (χ3n) is 4.62. The molecule has 0 saturated carbocycles. The summed E-state index contributed by atoms with van der Waals surface area (Å²) < 4.78 is 0.797. The van der Waals surface area contributed by atoms with E-state index >= 15 is 0 Å². The van der Waals surface area contributed by atoms with Gasteiger partial charge in [-0.05, 0) is 37.1 Å². The molecular weight excluding hydrogens is 402 g/mol. The number of rotatable bonds is 4. The summed E-state index contributed by atoms with van der Waals surface area (Å²) in [5, 5.41) is 13.8. The number of nitro benzene ring substituents is 1. The van der Waals surface area contributed by atoms with Crippen molar-refractivity contribution < 1.29 is 14.5 Å². The summed E-state index contributed by atoms with van der Waals surface area (Å²) >= 11 is 3.37. The Labute approximate surface area is 158 Å². The Morgan fingerprint density at radius 3 is 2.58 bits per heavy atom. The van der Waals surface area contributed by atoms with Crippen molar-refractivity contribution in [2.45, 2.75) is 25.9 Å². The number of halogens is 1. The van der Waals surface area contributed by atoms with Gasteiger partial charge in [0.25, 0.3) is 11.6 Å². The van der Waals surface area contributed by atoms with Gasteiger partial charge in [-0.25, -0.2) is 4.79 Å². The normalized spacial score (nSPS) is 19.6. The van der Waals surface area contributed by atoms with Crippen LogP contribution in [-0.2, 0) is 16.9 Å². The molecule has 1 aliphatic rings. The fourth-order valence-corrected chi connectivity index (χ4v) is 3.44. The second-order valence-electron chi connectivity index (χ2n) is 6.28. The van der Waals surface area contributed by atoms with E-state index in [1.165, 1.54) is 6.07 Å². The van der Waals surface area contributed by atoms with Crippen LogP contribution in [0.1, 0.15) is 23.6 Å². The van der Waals surface area contributed by atoms with Gasteiger partial charge in [0, 0.05) is 16.1 Å². The van der Waals surface area contributed by atoms with Crippen LogP contribution >= 0.6 is 15.9 Å². The van der Waals surface area contributed by atoms with Crippen LogP contribution in [0.5, 0.6) is 0 Å². The molecule has 1 aliphatic heterocycles. The Morgan fingerprint density at radius 2 is 1.92 bits per heavy atom. The number of amides is 3. The molecule has 0 unspecified atom stereocenters. The highest BCUT2D eigenvalue weighted by atomic mass is 79.9. The number of imide groups is 1. The predicted molar refractivity (Wildman–Crippen MR) is 98.4 cm³/mol. The summed E-state index contributed by atoms with van der Waals surface area (Å²) in [6.07, 6.45) is 0. The van der Waals surface area contributed by atoms with Crippen molar-refractivity contribution in [3.63, 3.8) is 0 Å². The predicted octanol–water partition coefficient (Wildman–Crippen LogP) is 3.63. The number of nitrogens with zero attached hydrogens (tertiary/aromatic N) is 2. The van der Waals surface area contributed by atoms with E-state index in [-0.39, 0.29) is 12.2 Å². The van der Waals surface area contributed by atoms with E-state index in [1.807, 2.05) is 6.07 Å². The van der Waals surface area contributed by atoms with Crippen molar-refractivity contribution in [2.75, 3.05) is 0 Å². The first kappa shape index (κ1) is 18.1. The van der Waals surface area contributed by atoms with Crippen LogP contribution in [0.25, 0.3) is 0 Å². The summed E-state index contributed by atoms with van der Waals surface area (Å²) in [6.45, 7) is 3.23. The Kier molecular flexibility index (Phi) is 4.53. The number of hydrogen-bond donors (Lipinski definition) is 1. The van der Waals surface area contributed by atoms with Crippen molar-refractivity contribution >= 4 is 33.6 Å². The average molecular weight is 418 g/mol. The van der Waals surface area contributed by atoms with Crippen molar-refractivity contribution in [2.24, 2.45) is 0 Å². The molecule has 0 spiro atoms. The molecule has 3 rings (SSSR count). The quantitative estimate of drug-likeness (QED) is 0.466. The highest BCUT2D eigenvalue weighted by molar-refractivity contribution is 9.10. The zero-order chi connectivity index (χ0) is 19.1. The van der Waals surface area contributed by atoms with Gasteiger partial charge in [0.1, 0.15) is 5.54 Å². The van der Waals surface area contributed by atoms with Gasteiger partial charge < -0.3 is 5.32 Å². The molecule has 1 N–H and O–H groups in total. The maximum absolute atomic E-state index is 13.0. The van der Waals surface area contributed by atoms with Crippen LogP contribution in [0.2, 0.25) is 0 Å². The lowest BCUT2D eigenvalue weighted by Gasteiger charge is -2.22. The van der Waals surface area contributed by atoms with Crippen molar-refractivity contribution in [3.8, 4) is 0 Å². The van der Waals surface area contributed by atoms with Gasteiger partial charge in [-0.2, -0.15) is 0 Å². The lowest BCUT2D eigenvalue weighted by molar-refractivity contribution is -0.385. The average Bonchev–Trinajstić information content (AvgIpc) is 2.80. The number of urea groups is 1. The van der Waals surface area contributed by atoms with E-state index in [4.69, 9.17) is 0 Å². The molecule has 1 saturated heterocycles. The molecule has 7 nitrogen and oxygen atoms in total. The molecule has 134 valence electrons. The second-order valence-corrected chi connectivity index (χ2v) is 7.19. The summed E-state index contributed by atoms with van der Waals surface area (Å²) in [7, 11) is 0. The molecule has 0 bridgehead atoms. The molecule has 3 amide bonds. The number of nitro groups is 1. The Hall–Kier alpha value is -2.74. The maximum atomic E-state index is 13.0. The number of carbonyl (C=O) groups is 2. The summed E-state index contributed by atoms with van der Waals surface area (Å²) in [4.78, 5) is 37.1. The Bertz CT molecular complexity index is 930. The lowest BCUT2D eigenvalue weighted by Crippen LogP contribution is -2.40. The first-order chi connectivity index (χ1) is 12.2. The topological polar surface area (TPSA) is 92.6 Å². The van der Waals surface area contributed by atoms with Gasteiger partial charge in [-0.1, -0.05) is 40.2 Å². The minimum absolute atomic E-state index is 0.0260. The van der Waals surface area contributed by atoms with E-state index in [0.717, 1.165) is 9.37 Å². The molecular formula is C18H16BrN3O4. The molecule has 2 aromatic rings. The standard InChI is InChI=1S/C18H16BrN3O4/c1-11-12(5-3-8-15(11)22(25)26)10-21-16(23)18(2,20-17(21)24)13-6-4-7-14(19)9-13/h3-9H,10H2,1-2H3,(H,20,24)/t18-/m0/s1. The first-order valence-electron chi connectivity index (χ1n) is 7.87. The highest BCUT2D eigenvalue weighted by Gasteiger charge is 2.49. The fourth-order valence-electron chi connectivity index (χ4n) is 3.05. The van der Waals surface area contributed by atoms with Gasteiger partial charge in [0.15, 0.2) is 0 Å². The van der Waals surface area contributed by atoms with Crippen molar-refractivity contribution in [1.29, 1.82) is 0 Å². The van der Waals surface area contributed by atoms with E-state index in [9.17, 15) is 19.7 Å². The molecule has 26 heavy (non-hydrogen) atoms. The lowest BCUT2D eigenvalue weighted by atomic mass is 9.92. The summed E-state index contributed by atoms with van der Waals surface area (Å²) in [5.74, 6) is -0.397. The Balaban J connectivity index is 1.94. The molecule has 0 radical (unpaired) electrons. The third-order valence-corrected chi connectivity index (χ3v) is 5.11. The van der Waals surface area contributed by atoms with Gasteiger partial charge in [0.05, 0.1) is 11.5 Å². The molecule has 0 aliphatic carbocycles. The molecule has 1 atom stereocenters. The molecule has 8 heteroatoms. The summed E-state index contributed by atoms with van der Waals surface area (Å²) in [5.41, 5.74) is 0.429. The van der Waals surface area contributed by atoms with Crippen LogP contribution in [0.4, 0.5) is 10.5 Å². The largest absolute Gasteiger partial charge is 0.325 e. The smallest absolute Gasteiger partial charge is 0.319 e. The minimum Gasteiger partial charge on any atom is -0.319 e. The van der Waals surface area contributed by atoms with E-state index in [0.29, 0.717) is 16.7 Å². The van der Waals surface area contributed by atoms with Crippen molar-refractivity contribution in [1.82, 2.24) is 10.2 Å². The number of hydrogen-bond acceptors (Lipinski definition) is 4. The number of nitrogens with one attached hydrogen (secondary N) is 1. The summed E-state index contributed by atoms with van der Waals surface area (Å²) in [6, 6.07) is 11.3. The maximum Gasteiger partial charge on any atom is 0.325 e. The van der Waals surface area contributed by atoms with Gasteiger partial charge >= 0.3 is 6.03 Å². The van der Waals surface area contributed by atoms with E-state index in [1.54, 1.807) is 44.2 Å². The number of benzene rings is 2.